The molecule has 108 valence electrons. The standard InChI is InChI=1S/C13H29N3O2/c1-11(2)14-7-9-16(6)10-8-15-12(17)18-13(3,4)5/h11,14H,7-10H2,1-6H3,(H,15,17). The molecule has 5 nitrogen and oxygen atoms in total. The Morgan fingerprint density at radius 2 is 1.78 bits per heavy atom. The molecule has 0 saturated carbocycles. The Bertz CT molecular complexity index is 237. The van der Waals surface area contributed by atoms with Crippen LogP contribution in [-0.4, -0.2) is 55.9 Å². The van der Waals surface area contributed by atoms with Crippen molar-refractivity contribution in [2.24, 2.45) is 0 Å². The van der Waals surface area contributed by atoms with E-state index in [-0.39, 0.29) is 6.09 Å². The molecule has 1 amide bonds. The van der Waals surface area contributed by atoms with Crippen LogP contribution < -0.4 is 10.6 Å². The molecule has 0 fully saturated rings. The molecule has 2 N–H and O–H groups in total. The average Bonchev–Trinajstić information content (AvgIpc) is 2.13. The minimum absolute atomic E-state index is 0.351. The van der Waals surface area contributed by atoms with Crippen LogP contribution in [0.15, 0.2) is 0 Å². The Kier molecular flexibility index (Phi) is 7.95. The van der Waals surface area contributed by atoms with Gasteiger partial charge in [-0.2, -0.15) is 0 Å². The van der Waals surface area contributed by atoms with E-state index in [0.29, 0.717) is 12.6 Å². The van der Waals surface area contributed by atoms with E-state index in [1.54, 1.807) is 0 Å². The normalized spacial score (nSPS) is 12.0. The number of amides is 1. The summed E-state index contributed by atoms with van der Waals surface area (Å²) in [5.74, 6) is 0. The second kappa shape index (κ2) is 8.32. The summed E-state index contributed by atoms with van der Waals surface area (Å²) in [5.41, 5.74) is -0.433. The first-order valence-electron chi connectivity index (χ1n) is 6.59. The van der Waals surface area contributed by atoms with Gasteiger partial charge in [0.1, 0.15) is 5.60 Å². The summed E-state index contributed by atoms with van der Waals surface area (Å²) in [5, 5.41) is 6.10. The summed E-state index contributed by atoms with van der Waals surface area (Å²) in [6.45, 7) is 13.2. The number of alkyl carbamates (subject to hydrolysis) is 1. The highest BCUT2D eigenvalue weighted by Gasteiger charge is 2.15. The summed E-state index contributed by atoms with van der Waals surface area (Å²) >= 11 is 0. The van der Waals surface area contributed by atoms with E-state index in [0.717, 1.165) is 19.6 Å². The molecule has 0 aromatic rings. The van der Waals surface area contributed by atoms with Crippen molar-refractivity contribution in [3.05, 3.63) is 0 Å². The van der Waals surface area contributed by atoms with Crippen molar-refractivity contribution in [1.29, 1.82) is 0 Å². The lowest BCUT2D eigenvalue weighted by atomic mass is 10.2. The number of nitrogens with zero attached hydrogens (tertiary/aromatic N) is 1. The van der Waals surface area contributed by atoms with E-state index in [2.05, 4.69) is 29.4 Å². The third-order valence-electron chi connectivity index (χ3n) is 2.21. The van der Waals surface area contributed by atoms with E-state index in [9.17, 15) is 4.79 Å². The van der Waals surface area contributed by atoms with Gasteiger partial charge in [-0.15, -0.1) is 0 Å². The number of carbonyl (C=O) groups excluding carboxylic acids is 1. The number of carbonyl (C=O) groups is 1. The predicted molar refractivity (Wildman–Crippen MR) is 74.9 cm³/mol. The predicted octanol–water partition coefficient (Wildman–Crippen LogP) is 1.44. The second-order valence-electron chi connectivity index (χ2n) is 5.84. The van der Waals surface area contributed by atoms with Gasteiger partial charge in [-0.3, -0.25) is 0 Å². The van der Waals surface area contributed by atoms with Gasteiger partial charge in [-0.1, -0.05) is 13.8 Å². The van der Waals surface area contributed by atoms with Crippen molar-refractivity contribution >= 4 is 6.09 Å². The summed E-state index contributed by atoms with van der Waals surface area (Å²) in [6, 6.07) is 0.512. The van der Waals surface area contributed by atoms with Gasteiger partial charge in [0.15, 0.2) is 0 Å². The number of ether oxygens (including phenoxy) is 1. The molecule has 0 aliphatic rings. The Hall–Kier alpha value is -0.810. The molecule has 0 bridgehead atoms. The van der Waals surface area contributed by atoms with Gasteiger partial charge >= 0.3 is 6.09 Å². The number of rotatable bonds is 7. The Labute approximate surface area is 111 Å². The largest absolute Gasteiger partial charge is 0.444 e. The van der Waals surface area contributed by atoms with Crippen LogP contribution in [0.3, 0.4) is 0 Å². The SMILES string of the molecule is CC(C)NCCN(C)CCNC(=O)OC(C)(C)C. The fourth-order valence-corrected chi connectivity index (χ4v) is 1.32. The van der Waals surface area contributed by atoms with Gasteiger partial charge < -0.3 is 20.3 Å². The molecule has 0 unspecified atom stereocenters. The second-order valence-corrected chi connectivity index (χ2v) is 5.84. The highest BCUT2D eigenvalue weighted by Crippen LogP contribution is 2.05. The first kappa shape index (κ1) is 17.2. The zero-order chi connectivity index (χ0) is 14.2. The lowest BCUT2D eigenvalue weighted by Gasteiger charge is -2.21. The molecule has 0 aliphatic heterocycles. The van der Waals surface area contributed by atoms with Crippen molar-refractivity contribution in [3.8, 4) is 0 Å². The van der Waals surface area contributed by atoms with Crippen LogP contribution in [0.25, 0.3) is 0 Å². The molecule has 0 aromatic carbocycles. The lowest BCUT2D eigenvalue weighted by Crippen LogP contribution is -2.39. The topological polar surface area (TPSA) is 53.6 Å². The van der Waals surface area contributed by atoms with Gasteiger partial charge in [0.05, 0.1) is 0 Å². The van der Waals surface area contributed by atoms with E-state index < -0.39 is 5.60 Å². The van der Waals surface area contributed by atoms with Crippen LogP contribution in [0.1, 0.15) is 34.6 Å². The molecule has 0 aromatic heterocycles. The van der Waals surface area contributed by atoms with Crippen LogP contribution in [0, 0.1) is 0 Å². The molecular formula is C13H29N3O2. The van der Waals surface area contributed by atoms with Gasteiger partial charge in [0, 0.05) is 32.2 Å². The minimum Gasteiger partial charge on any atom is -0.444 e. The summed E-state index contributed by atoms with van der Waals surface area (Å²) in [6.07, 6.45) is -0.351. The zero-order valence-electron chi connectivity index (χ0n) is 12.7. The minimum atomic E-state index is -0.433. The smallest absolute Gasteiger partial charge is 0.407 e. The zero-order valence-corrected chi connectivity index (χ0v) is 12.7. The number of hydrogen-bond donors (Lipinski definition) is 2. The summed E-state index contributed by atoms with van der Waals surface area (Å²) < 4.78 is 5.15. The van der Waals surface area contributed by atoms with Crippen LogP contribution in [-0.2, 0) is 4.74 Å². The summed E-state index contributed by atoms with van der Waals surface area (Å²) in [4.78, 5) is 13.6. The molecule has 0 saturated heterocycles. The van der Waals surface area contributed by atoms with Gasteiger partial charge in [0.2, 0.25) is 0 Å². The monoisotopic (exact) mass is 259 g/mol. The highest BCUT2D eigenvalue weighted by molar-refractivity contribution is 5.67. The van der Waals surface area contributed by atoms with E-state index in [4.69, 9.17) is 4.74 Å². The van der Waals surface area contributed by atoms with Crippen molar-refractivity contribution in [3.63, 3.8) is 0 Å². The van der Waals surface area contributed by atoms with E-state index in [1.165, 1.54) is 0 Å². The molecule has 18 heavy (non-hydrogen) atoms. The van der Waals surface area contributed by atoms with Crippen molar-refractivity contribution in [2.45, 2.75) is 46.3 Å². The molecule has 0 atom stereocenters. The molecule has 0 radical (unpaired) electrons. The maximum Gasteiger partial charge on any atom is 0.407 e. The molecular weight excluding hydrogens is 230 g/mol. The van der Waals surface area contributed by atoms with Crippen LogP contribution >= 0.6 is 0 Å². The van der Waals surface area contributed by atoms with E-state index in [1.807, 2.05) is 27.8 Å². The number of nitrogens with one attached hydrogen (secondary N) is 2. The van der Waals surface area contributed by atoms with Crippen molar-refractivity contribution in [1.82, 2.24) is 15.5 Å². The average molecular weight is 259 g/mol. The highest BCUT2D eigenvalue weighted by atomic mass is 16.6. The molecule has 0 rings (SSSR count). The first-order valence-corrected chi connectivity index (χ1v) is 6.59. The van der Waals surface area contributed by atoms with Crippen molar-refractivity contribution in [2.75, 3.05) is 33.2 Å². The fraction of sp³-hybridized carbons (Fsp3) is 0.923. The van der Waals surface area contributed by atoms with E-state index >= 15 is 0 Å². The van der Waals surface area contributed by atoms with Gasteiger partial charge in [-0.25, -0.2) is 4.79 Å². The Morgan fingerprint density at radius 1 is 1.22 bits per heavy atom. The first-order chi connectivity index (χ1) is 8.20. The molecule has 0 spiro atoms. The fourth-order valence-electron chi connectivity index (χ4n) is 1.32. The summed E-state index contributed by atoms with van der Waals surface area (Å²) in [7, 11) is 2.04. The molecule has 0 aliphatic carbocycles. The third-order valence-corrected chi connectivity index (χ3v) is 2.21. The third kappa shape index (κ3) is 11.7. The molecule has 0 heterocycles. The van der Waals surface area contributed by atoms with Gasteiger partial charge in [-0.05, 0) is 27.8 Å². The maximum absolute atomic E-state index is 11.4. The lowest BCUT2D eigenvalue weighted by molar-refractivity contribution is 0.0524. The van der Waals surface area contributed by atoms with Crippen LogP contribution in [0.2, 0.25) is 0 Å². The Balaban J connectivity index is 3.56. The van der Waals surface area contributed by atoms with Crippen molar-refractivity contribution < 1.29 is 9.53 Å². The number of likely N-dealkylation sites (N-methyl/N-ethyl adjacent to an activating group) is 1. The van der Waals surface area contributed by atoms with Crippen LogP contribution in [0.5, 0.6) is 0 Å². The number of hydrogen-bond acceptors (Lipinski definition) is 4. The Morgan fingerprint density at radius 3 is 2.28 bits per heavy atom. The van der Waals surface area contributed by atoms with Gasteiger partial charge in [0.25, 0.3) is 0 Å². The maximum atomic E-state index is 11.4. The molecule has 5 heteroatoms. The quantitative estimate of drug-likeness (QED) is 0.726. The van der Waals surface area contributed by atoms with Crippen LogP contribution in [0.4, 0.5) is 4.79 Å².